The Labute approximate surface area is 130 Å². The van der Waals surface area contributed by atoms with Crippen LogP contribution in [0.1, 0.15) is 0 Å². The van der Waals surface area contributed by atoms with Crippen LogP contribution < -0.4 is 0 Å². The van der Waals surface area contributed by atoms with Crippen molar-refractivity contribution >= 4 is 56.2 Å². The van der Waals surface area contributed by atoms with E-state index in [2.05, 4.69) is 0 Å². The van der Waals surface area contributed by atoms with Gasteiger partial charge in [-0.2, -0.15) is 0 Å². The lowest BCUT2D eigenvalue weighted by Crippen LogP contribution is -2.02. The van der Waals surface area contributed by atoms with Gasteiger partial charge in [0.1, 0.15) is 0 Å². The first-order valence-corrected chi connectivity index (χ1v) is 7.97. The van der Waals surface area contributed by atoms with Crippen LogP contribution in [-0.2, 0) is 9.84 Å². The molecule has 0 atom stereocenters. The predicted molar refractivity (Wildman–Crippen MR) is 78.4 cm³/mol. The van der Waals surface area contributed by atoms with E-state index < -0.39 is 9.84 Å². The molecule has 0 saturated carbocycles. The topological polar surface area (TPSA) is 34.1 Å². The Kier molecular flexibility index (Phi) is 4.33. The zero-order valence-electron chi connectivity index (χ0n) is 9.20. The van der Waals surface area contributed by atoms with Gasteiger partial charge in [0.05, 0.1) is 24.9 Å². The van der Waals surface area contributed by atoms with Crippen LogP contribution in [0.5, 0.6) is 0 Å². The fourth-order valence-corrected chi connectivity index (χ4v) is 3.83. The minimum absolute atomic E-state index is 0.0179. The molecule has 0 amide bonds. The summed E-state index contributed by atoms with van der Waals surface area (Å²) >= 11 is 23.2. The molecule has 0 N–H and O–H groups in total. The lowest BCUT2D eigenvalue weighted by molar-refractivity contribution is 0.596. The summed E-state index contributed by atoms with van der Waals surface area (Å²) < 4.78 is 24.8. The maximum atomic E-state index is 12.4. The normalized spacial score (nSPS) is 11.6. The van der Waals surface area contributed by atoms with Gasteiger partial charge in [0, 0.05) is 5.02 Å². The second kappa shape index (κ2) is 5.51. The lowest BCUT2D eigenvalue weighted by Gasteiger charge is -2.08. The fraction of sp³-hybridized carbons (Fsp3) is 0. The molecule has 0 bridgehead atoms. The first-order valence-electron chi connectivity index (χ1n) is 4.97. The summed E-state index contributed by atoms with van der Waals surface area (Å²) in [7, 11) is -3.76. The Hall–Kier alpha value is -0.450. The molecule has 19 heavy (non-hydrogen) atoms. The van der Waals surface area contributed by atoms with E-state index in [9.17, 15) is 8.42 Å². The molecule has 0 saturated heterocycles. The van der Waals surface area contributed by atoms with Crippen molar-refractivity contribution in [1.29, 1.82) is 0 Å². The lowest BCUT2D eigenvalue weighted by atomic mass is 10.3. The van der Waals surface area contributed by atoms with Crippen molar-refractivity contribution < 1.29 is 8.42 Å². The van der Waals surface area contributed by atoms with Crippen LogP contribution in [0.3, 0.4) is 0 Å². The first-order chi connectivity index (χ1) is 8.82. The third-order valence-corrected chi connectivity index (χ3v) is 5.60. The summed E-state index contributed by atoms with van der Waals surface area (Å²) in [4.78, 5) is -0.0110. The highest BCUT2D eigenvalue weighted by atomic mass is 35.5. The van der Waals surface area contributed by atoms with Gasteiger partial charge in [0.25, 0.3) is 0 Å². The minimum atomic E-state index is -3.76. The van der Waals surface area contributed by atoms with E-state index in [-0.39, 0.29) is 24.9 Å². The Bertz CT molecular complexity index is 724. The molecule has 7 heteroatoms. The molecule has 2 nitrogen and oxygen atoms in total. The molecular formula is C12H6Cl4O2S. The summed E-state index contributed by atoms with van der Waals surface area (Å²) in [5, 5.41) is 0.781. The van der Waals surface area contributed by atoms with Crippen molar-refractivity contribution in [2.45, 2.75) is 9.79 Å². The molecule has 0 fully saturated rings. The number of rotatable bonds is 2. The highest BCUT2D eigenvalue weighted by Gasteiger charge is 2.22. The van der Waals surface area contributed by atoms with Crippen molar-refractivity contribution in [3.05, 3.63) is 56.5 Å². The molecule has 0 radical (unpaired) electrons. The van der Waals surface area contributed by atoms with Gasteiger partial charge < -0.3 is 0 Å². The van der Waals surface area contributed by atoms with Crippen LogP contribution in [-0.4, -0.2) is 8.42 Å². The van der Waals surface area contributed by atoms with Crippen LogP contribution in [0.4, 0.5) is 0 Å². The van der Waals surface area contributed by atoms with Gasteiger partial charge >= 0.3 is 0 Å². The SMILES string of the molecule is O=S(=O)(c1ccc(Cl)cc1)c1cc(Cl)c(Cl)cc1Cl. The Morgan fingerprint density at radius 1 is 0.737 bits per heavy atom. The van der Waals surface area contributed by atoms with Gasteiger partial charge in [0.2, 0.25) is 9.84 Å². The van der Waals surface area contributed by atoms with E-state index in [1.807, 2.05) is 0 Å². The fourth-order valence-electron chi connectivity index (χ4n) is 1.45. The van der Waals surface area contributed by atoms with Gasteiger partial charge in [-0.3, -0.25) is 0 Å². The van der Waals surface area contributed by atoms with E-state index in [0.29, 0.717) is 5.02 Å². The van der Waals surface area contributed by atoms with Crippen molar-refractivity contribution in [2.75, 3.05) is 0 Å². The number of hydrogen-bond acceptors (Lipinski definition) is 2. The minimum Gasteiger partial charge on any atom is -0.218 e. The zero-order chi connectivity index (χ0) is 14.2. The van der Waals surface area contributed by atoms with Gasteiger partial charge in [-0.15, -0.1) is 0 Å². The van der Waals surface area contributed by atoms with E-state index in [1.165, 1.54) is 36.4 Å². The van der Waals surface area contributed by atoms with Crippen LogP contribution in [0.15, 0.2) is 46.2 Å². The van der Waals surface area contributed by atoms with E-state index in [1.54, 1.807) is 0 Å². The Morgan fingerprint density at radius 2 is 1.26 bits per heavy atom. The summed E-state index contributed by atoms with van der Waals surface area (Å²) in [6.07, 6.45) is 0. The van der Waals surface area contributed by atoms with Crippen molar-refractivity contribution in [1.82, 2.24) is 0 Å². The highest BCUT2D eigenvalue weighted by Crippen LogP contribution is 2.34. The molecule has 0 unspecified atom stereocenters. The number of benzene rings is 2. The van der Waals surface area contributed by atoms with Crippen molar-refractivity contribution in [2.24, 2.45) is 0 Å². The van der Waals surface area contributed by atoms with Crippen LogP contribution in [0, 0.1) is 0 Å². The maximum Gasteiger partial charge on any atom is 0.208 e. The van der Waals surface area contributed by atoms with Crippen molar-refractivity contribution in [3.8, 4) is 0 Å². The smallest absolute Gasteiger partial charge is 0.208 e. The second-order valence-corrected chi connectivity index (χ2v) is 7.23. The predicted octanol–water partition coefficient (Wildman–Crippen LogP) is 5.13. The quantitative estimate of drug-likeness (QED) is 0.699. The molecule has 2 aromatic carbocycles. The molecule has 100 valence electrons. The molecule has 0 heterocycles. The maximum absolute atomic E-state index is 12.4. The number of sulfone groups is 1. The van der Waals surface area contributed by atoms with Crippen LogP contribution in [0.2, 0.25) is 20.1 Å². The summed E-state index contributed by atoms with van der Waals surface area (Å²) in [5.41, 5.74) is 0. The third-order valence-electron chi connectivity index (χ3n) is 2.39. The standard InChI is InChI=1S/C12H6Cl4O2S/c13-7-1-3-8(4-2-7)19(17,18)12-6-10(15)9(14)5-11(12)16/h1-6H. The van der Waals surface area contributed by atoms with Gasteiger partial charge in [0.15, 0.2) is 0 Å². The molecular weight excluding hydrogens is 350 g/mol. The third kappa shape index (κ3) is 3.01. The monoisotopic (exact) mass is 354 g/mol. The van der Waals surface area contributed by atoms with E-state index in [0.717, 1.165) is 0 Å². The van der Waals surface area contributed by atoms with Gasteiger partial charge in [-0.05, 0) is 36.4 Å². The molecule has 0 aromatic heterocycles. The van der Waals surface area contributed by atoms with Crippen LogP contribution in [0.25, 0.3) is 0 Å². The second-order valence-electron chi connectivity index (χ2n) is 3.65. The first kappa shape index (κ1) is 14.9. The molecule has 0 aliphatic heterocycles. The molecule has 2 rings (SSSR count). The summed E-state index contributed by atoms with van der Waals surface area (Å²) in [6.45, 7) is 0. The Morgan fingerprint density at radius 3 is 1.84 bits per heavy atom. The van der Waals surface area contributed by atoms with Gasteiger partial charge in [-0.25, -0.2) is 8.42 Å². The largest absolute Gasteiger partial charge is 0.218 e. The van der Waals surface area contributed by atoms with E-state index in [4.69, 9.17) is 46.4 Å². The Balaban J connectivity index is 2.63. The molecule has 0 aliphatic carbocycles. The van der Waals surface area contributed by atoms with E-state index >= 15 is 0 Å². The van der Waals surface area contributed by atoms with Crippen molar-refractivity contribution in [3.63, 3.8) is 0 Å². The highest BCUT2D eigenvalue weighted by molar-refractivity contribution is 7.91. The van der Waals surface area contributed by atoms with Crippen LogP contribution >= 0.6 is 46.4 Å². The molecule has 0 aliphatic rings. The average Bonchev–Trinajstić information content (AvgIpc) is 2.34. The average molecular weight is 356 g/mol. The number of hydrogen-bond donors (Lipinski definition) is 0. The number of halogens is 4. The van der Waals surface area contributed by atoms with Gasteiger partial charge in [-0.1, -0.05) is 46.4 Å². The molecule has 2 aromatic rings. The molecule has 0 spiro atoms. The zero-order valence-corrected chi connectivity index (χ0v) is 13.0. The summed E-state index contributed by atoms with van der Waals surface area (Å²) in [6, 6.07) is 8.30. The summed E-state index contributed by atoms with van der Waals surface area (Å²) in [5.74, 6) is 0.